The van der Waals surface area contributed by atoms with Crippen molar-refractivity contribution in [3.63, 3.8) is 0 Å². The van der Waals surface area contributed by atoms with Crippen LogP contribution in [0.25, 0.3) is 43.9 Å². The Kier molecular flexibility index (Phi) is 13.1. The zero-order valence-electron chi connectivity index (χ0n) is 32.2. The van der Waals surface area contributed by atoms with Crippen molar-refractivity contribution in [2.75, 3.05) is 43.3 Å². The van der Waals surface area contributed by atoms with Crippen LogP contribution in [0.3, 0.4) is 0 Å². The van der Waals surface area contributed by atoms with Gasteiger partial charge in [0.2, 0.25) is 5.91 Å². The molecule has 54 heavy (non-hydrogen) atoms. The van der Waals surface area contributed by atoms with E-state index in [1.807, 2.05) is 76.2 Å². The van der Waals surface area contributed by atoms with Crippen LogP contribution in [0.5, 0.6) is 0 Å². The lowest BCUT2D eigenvalue weighted by Gasteiger charge is -2.28. The number of fused-ring (bicyclic) bond motifs is 6. The molecule has 0 aliphatic rings. The second-order valence-electron chi connectivity index (χ2n) is 14.0. The molecule has 0 atom stereocenters. The molecule has 15 heteroatoms. The number of carbonyl (C=O) groups excluding carboxylic acids is 1. The van der Waals surface area contributed by atoms with Gasteiger partial charge in [-0.3, -0.25) is 4.79 Å². The number of benzene rings is 2. The quantitative estimate of drug-likeness (QED) is 0.112. The number of hydrogen-bond acceptors (Lipinski definition) is 11. The second kappa shape index (κ2) is 17.5. The van der Waals surface area contributed by atoms with E-state index in [4.69, 9.17) is 30.9 Å². The number of amides is 1. The summed E-state index contributed by atoms with van der Waals surface area (Å²) < 4.78 is 38.1. The number of imidazole rings is 2. The SMILES string of the molecule is CCCCc1nc2c(N)nc3ccccc3c2n1CCCS(C)(=O)=O.CCOCC(=O)NC(C)(C)Cn1c(COCC)nc2c(N)nc3ccccc3c21. The zero-order chi connectivity index (χ0) is 39.0. The fraction of sp³-hybridized carbons (Fsp3) is 0.462. The van der Waals surface area contributed by atoms with Gasteiger partial charge in [-0.15, -0.1) is 0 Å². The molecule has 1 amide bonds. The van der Waals surface area contributed by atoms with E-state index >= 15 is 0 Å². The molecular formula is C39H53N9O5S. The molecular weight excluding hydrogens is 707 g/mol. The number of pyridine rings is 2. The molecule has 0 aliphatic heterocycles. The molecule has 0 fully saturated rings. The molecule has 4 heterocycles. The molecule has 0 saturated carbocycles. The standard InChI is InChI=1S/C21H29N5O3.C18H24N4O2S/c1-5-28-11-16-24-18-19(14-9-7-8-10-15(14)23-20(18)22)26(16)13-21(3,4)25-17(27)12-29-6-2;1-3-4-10-15-21-16-17(22(15)11-7-12-25(2,23)24)13-8-5-6-9-14(13)20-18(16)19/h7-10H,5-6,11-13H2,1-4H3,(H2,22,23)(H,25,27);5-6,8-9H,3-4,7,10-12H2,1-2H3,(H2,19,20). The van der Waals surface area contributed by atoms with Gasteiger partial charge in [-0.25, -0.2) is 28.4 Å². The number of para-hydroxylation sites is 2. The lowest BCUT2D eigenvalue weighted by molar-refractivity contribution is -0.127. The number of sulfone groups is 1. The molecule has 14 nitrogen and oxygen atoms in total. The van der Waals surface area contributed by atoms with Gasteiger partial charge in [0.05, 0.1) is 33.4 Å². The van der Waals surface area contributed by atoms with Gasteiger partial charge in [0.1, 0.15) is 45.7 Å². The van der Waals surface area contributed by atoms with Crippen molar-refractivity contribution >= 4 is 71.3 Å². The molecule has 0 bridgehead atoms. The normalized spacial score (nSPS) is 12.1. The number of aromatic nitrogens is 6. The van der Waals surface area contributed by atoms with Crippen molar-refractivity contribution in [3.8, 4) is 0 Å². The summed E-state index contributed by atoms with van der Waals surface area (Å²) in [6, 6.07) is 15.7. The van der Waals surface area contributed by atoms with Crippen LogP contribution in [0.2, 0.25) is 0 Å². The van der Waals surface area contributed by atoms with E-state index in [9.17, 15) is 13.2 Å². The van der Waals surface area contributed by atoms with E-state index in [-0.39, 0.29) is 18.3 Å². The fourth-order valence-corrected chi connectivity index (χ4v) is 7.23. The first kappa shape index (κ1) is 40.3. The molecule has 2 aromatic carbocycles. The molecule has 0 saturated heterocycles. The predicted molar refractivity (Wildman–Crippen MR) is 216 cm³/mol. The third-order valence-electron chi connectivity index (χ3n) is 8.93. The fourth-order valence-electron chi connectivity index (χ4n) is 6.58. The summed E-state index contributed by atoms with van der Waals surface area (Å²) in [5, 5.41) is 5.00. The molecule has 6 aromatic rings. The van der Waals surface area contributed by atoms with Crippen LogP contribution in [-0.2, 0) is 50.2 Å². The zero-order valence-corrected chi connectivity index (χ0v) is 33.0. The highest BCUT2D eigenvalue weighted by atomic mass is 32.2. The van der Waals surface area contributed by atoms with Crippen LogP contribution >= 0.6 is 0 Å². The maximum absolute atomic E-state index is 12.2. The number of unbranched alkanes of at least 4 members (excludes halogenated alkanes) is 1. The van der Waals surface area contributed by atoms with Gasteiger partial charge in [-0.1, -0.05) is 49.7 Å². The number of hydrogen-bond donors (Lipinski definition) is 3. The van der Waals surface area contributed by atoms with E-state index in [0.717, 1.165) is 63.8 Å². The van der Waals surface area contributed by atoms with Gasteiger partial charge in [0.25, 0.3) is 0 Å². The summed E-state index contributed by atoms with van der Waals surface area (Å²) in [5.41, 5.74) is 16.7. The van der Waals surface area contributed by atoms with E-state index < -0.39 is 15.4 Å². The van der Waals surface area contributed by atoms with Crippen molar-refractivity contribution in [3.05, 3.63) is 60.2 Å². The summed E-state index contributed by atoms with van der Waals surface area (Å²) in [7, 11) is -2.98. The Bertz CT molecular complexity index is 2350. The van der Waals surface area contributed by atoms with Gasteiger partial charge >= 0.3 is 0 Å². The second-order valence-corrected chi connectivity index (χ2v) is 16.3. The van der Waals surface area contributed by atoms with Gasteiger partial charge in [0, 0.05) is 49.8 Å². The van der Waals surface area contributed by atoms with Crippen LogP contribution in [0.15, 0.2) is 48.5 Å². The molecule has 4 aromatic heterocycles. The van der Waals surface area contributed by atoms with Crippen molar-refractivity contribution in [1.29, 1.82) is 0 Å². The smallest absolute Gasteiger partial charge is 0.246 e. The van der Waals surface area contributed by atoms with Crippen molar-refractivity contribution in [2.45, 2.75) is 85.5 Å². The summed E-state index contributed by atoms with van der Waals surface area (Å²) in [4.78, 5) is 30.6. The van der Waals surface area contributed by atoms with Crippen LogP contribution in [0, 0.1) is 0 Å². The van der Waals surface area contributed by atoms with E-state index in [0.29, 0.717) is 62.0 Å². The summed E-state index contributed by atoms with van der Waals surface area (Å²) >= 11 is 0. The lowest BCUT2D eigenvalue weighted by Crippen LogP contribution is -2.48. The number of aryl methyl sites for hydroxylation is 2. The Morgan fingerprint density at radius 1 is 0.796 bits per heavy atom. The molecule has 0 radical (unpaired) electrons. The molecule has 0 spiro atoms. The number of nitrogen functional groups attached to an aromatic ring is 2. The summed E-state index contributed by atoms with van der Waals surface area (Å²) in [6.07, 6.45) is 4.77. The Balaban J connectivity index is 0.000000210. The monoisotopic (exact) mass is 759 g/mol. The summed E-state index contributed by atoms with van der Waals surface area (Å²) in [6.45, 7) is 12.5. The first-order valence-electron chi connectivity index (χ1n) is 18.5. The minimum atomic E-state index is -2.98. The van der Waals surface area contributed by atoms with E-state index in [2.05, 4.69) is 31.3 Å². The Morgan fingerprint density at radius 3 is 1.91 bits per heavy atom. The number of rotatable bonds is 16. The van der Waals surface area contributed by atoms with E-state index in [1.54, 1.807) is 0 Å². The van der Waals surface area contributed by atoms with Crippen molar-refractivity contribution in [1.82, 2.24) is 34.4 Å². The third-order valence-corrected chi connectivity index (χ3v) is 9.96. The number of carbonyl (C=O) groups is 1. The molecule has 5 N–H and O–H groups in total. The predicted octanol–water partition coefficient (Wildman–Crippen LogP) is 5.58. The highest BCUT2D eigenvalue weighted by Crippen LogP contribution is 2.31. The Labute approximate surface area is 316 Å². The van der Waals surface area contributed by atoms with Gasteiger partial charge < -0.3 is 35.4 Å². The first-order chi connectivity index (χ1) is 25.8. The number of nitrogens with zero attached hydrogens (tertiary/aromatic N) is 6. The number of ether oxygens (including phenoxy) is 2. The third kappa shape index (κ3) is 9.62. The molecule has 0 unspecified atom stereocenters. The summed E-state index contributed by atoms with van der Waals surface area (Å²) in [5.74, 6) is 2.52. The molecule has 0 aliphatic carbocycles. The van der Waals surface area contributed by atoms with Crippen LogP contribution in [-0.4, -0.2) is 80.8 Å². The van der Waals surface area contributed by atoms with Crippen LogP contribution in [0.4, 0.5) is 11.6 Å². The minimum absolute atomic E-state index is 0.0379. The van der Waals surface area contributed by atoms with Crippen molar-refractivity contribution in [2.24, 2.45) is 0 Å². The highest BCUT2D eigenvalue weighted by molar-refractivity contribution is 7.90. The van der Waals surface area contributed by atoms with Crippen molar-refractivity contribution < 1.29 is 22.7 Å². The van der Waals surface area contributed by atoms with Gasteiger partial charge in [-0.2, -0.15) is 0 Å². The number of nitrogens with two attached hydrogens (primary N) is 2. The topological polar surface area (TPSA) is 195 Å². The maximum Gasteiger partial charge on any atom is 0.246 e. The average Bonchev–Trinajstić information content (AvgIpc) is 3.67. The minimum Gasteiger partial charge on any atom is -0.382 e. The number of nitrogens with one attached hydrogen (secondary N) is 1. The molecule has 290 valence electrons. The number of anilines is 2. The van der Waals surface area contributed by atoms with Gasteiger partial charge in [0.15, 0.2) is 11.6 Å². The lowest BCUT2D eigenvalue weighted by atomic mass is 10.0. The van der Waals surface area contributed by atoms with Crippen LogP contribution < -0.4 is 16.8 Å². The highest BCUT2D eigenvalue weighted by Gasteiger charge is 2.26. The van der Waals surface area contributed by atoms with E-state index in [1.165, 1.54) is 6.26 Å². The Hall–Kier alpha value is -4.86. The maximum atomic E-state index is 12.2. The largest absolute Gasteiger partial charge is 0.382 e. The molecule has 6 rings (SSSR count). The first-order valence-corrected chi connectivity index (χ1v) is 20.5. The average molecular weight is 760 g/mol. The Morgan fingerprint density at radius 2 is 1.35 bits per heavy atom. The van der Waals surface area contributed by atoms with Gasteiger partial charge in [-0.05, 0) is 52.7 Å². The van der Waals surface area contributed by atoms with Crippen LogP contribution in [0.1, 0.15) is 65.5 Å².